The lowest BCUT2D eigenvalue weighted by molar-refractivity contribution is 1.07. The van der Waals surface area contributed by atoms with Crippen LogP contribution in [0.25, 0.3) is 5.57 Å². The van der Waals surface area contributed by atoms with E-state index in [1.54, 1.807) is 0 Å². The SMILES string of the molecule is [CH2]C=C(CCC=CC)c1ccccc1. The normalized spacial score (nSPS) is 12.3. The summed E-state index contributed by atoms with van der Waals surface area (Å²) in [6.45, 7) is 5.91. The van der Waals surface area contributed by atoms with Crippen molar-refractivity contribution in [1.29, 1.82) is 0 Å². The molecule has 0 atom stereocenters. The molecule has 0 aliphatic heterocycles. The molecule has 0 spiro atoms. The lowest BCUT2D eigenvalue weighted by atomic mass is 10.0. The van der Waals surface area contributed by atoms with Crippen LogP contribution in [-0.2, 0) is 0 Å². The predicted molar refractivity (Wildman–Crippen MR) is 63.8 cm³/mol. The quantitative estimate of drug-likeness (QED) is 0.615. The first-order valence-electron chi connectivity index (χ1n) is 5.03. The van der Waals surface area contributed by atoms with Crippen molar-refractivity contribution in [1.82, 2.24) is 0 Å². The van der Waals surface area contributed by atoms with Gasteiger partial charge in [0.2, 0.25) is 0 Å². The highest BCUT2D eigenvalue weighted by molar-refractivity contribution is 5.65. The van der Waals surface area contributed by atoms with Gasteiger partial charge in [0.25, 0.3) is 0 Å². The van der Waals surface area contributed by atoms with E-state index in [0.29, 0.717) is 0 Å². The molecule has 1 aromatic carbocycles. The van der Waals surface area contributed by atoms with E-state index in [9.17, 15) is 0 Å². The van der Waals surface area contributed by atoms with E-state index in [-0.39, 0.29) is 0 Å². The van der Waals surface area contributed by atoms with Gasteiger partial charge in [0.15, 0.2) is 0 Å². The molecule has 1 aromatic rings. The van der Waals surface area contributed by atoms with Crippen LogP contribution in [0.4, 0.5) is 0 Å². The number of hydrogen-bond donors (Lipinski definition) is 0. The van der Waals surface area contributed by atoms with Gasteiger partial charge in [-0.3, -0.25) is 0 Å². The Morgan fingerprint density at radius 3 is 2.57 bits per heavy atom. The molecule has 0 bridgehead atoms. The predicted octanol–water partition coefficient (Wildman–Crippen LogP) is 4.26. The second-order valence-corrected chi connectivity index (χ2v) is 3.20. The fourth-order valence-corrected chi connectivity index (χ4v) is 1.42. The van der Waals surface area contributed by atoms with Crippen molar-refractivity contribution >= 4 is 5.57 Å². The van der Waals surface area contributed by atoms with Gasteiger partial charge in [-0.25, -0.2) is 0 Å². The fourth-order valence-electron chi connectivity index (χ4n) is 1.42. The molecule has 0 heterocycles. The minimum absolute atomic E-state index is 1.07. The van der Waals surface area contributed by atoms with E-state index < -0.39 is 0 Å². The van der Waals surface area contributed by atoms with Gasteiger partial charge in [-0.05, 0) is 37.8 Å². The van der Waals surface area contributed by atoms with Crippen LogP contribution >= 0.6 is 0 Å². The Morgan fingerprint density at radius 1 is 1.29 bits per heavy atom. The molecule has 0 unspecified atom stereocenters. The fraction of sp³-hybridized carbons (Fsp3) is 0.214. The second kappa shape index (κ2) is 6.20. The van der Waals surface area contributed by atoms with Crippen LogP contribution in [-0.4, -0.2) is 0 Å². The Labute approximate surface area is 87.0 Å². The lowest BCUT2D eigenvalue weighted by Gasteiger charge is -2.04. The zero-order chi connectivity index (χ0) is 10.2. The topological polar surface area (TPSA) is 0 Å². The van der Waals surface area contributed by atoms with Crippen molar-refractivity contribution in [2.45, 2.75) is 19.8 Å². The van der Waals surface area contributed by atoms with E-state index >= 15 is 0 Å². The third-order valence-electron chi connectivity index (χ3n) is 2.21. The molecule has 0 aromatic heterocycles. The monoisotopic (exact) mass is 185 g/mol. The second-order valence-electron chi connectivity index (χ2n) is 3.20. The van der Waals surface area contributed by atoms with Crippen LogP contribution in [0.2, 0.25) is 0 Å². The standard InChI is InChI=1S/C14H17/c1-3-5-7-10-13(4-2)14-11-8-6-9-12-14/h3-6,8-9,11-12H,2,7,10H2,1H3. The number of rotatable bonds is 4. The zero-order valence-electron chi connectivity index (χ0n) is 8.74. The summed E-state index contributed by atoms with van der Waals surface area (Å²) in [5, 5.41) is 0. The summed E-state index contributed by atoms with van der Waals surface area (Å²) < 4.78 is 0. The highest BCUT2D eigenvalue weighted by atomic mass is 14.0. The van der Waals surface area contributed by atoms with Crippen molar-refractivity contribution in [3.63, 3.8) is 0 Å². The molecular formula is C14H17. The van der Waals surface area contributed by atoms with Crippen molar-refractivity contribution in [3.8, 4) is 0 Å². The molecule has 0 nitrogen and oxygen atoms in total. The first kappa shape index (κ1) is 10.8. The molecule has 0 heteroatoms. The summed E-state index contributed by atoms with van der Waals surface area (Å²) in [6.07, 6.45) is 8.39. The molecule has 1 radical (unpaired) electrons. The summed E-state index contributed by atoms with van der Waals surface area (Å²) in [7, 11) is 0. The van der Waals surface area contributed by atoms with Crippen molar-refractivity contribution < 1.29 is 0 Å². The maximum Gasteiger partial charge on any atom is -0.0228 e. The molecule has 0 fully saturated rings. The van der Waals surface area contributed by atoms with Crippen molar-refractivity contribution in [2.24, 2.45) is 0 Å². The van der Waals surface area contributed by atoms with Gasteiger partial charge >= 0.3 is 0 Å². The third kappa shape index (κ3) is 3.21. The summed E-state index contributed by atoms with van der Waals surface area (Å²) in [5.41, 5.74) is 2.61. The molecular weight excluding hydrogens is 168 g/mol. The third-order valence-corrected chi connectivity index (χ3v) is 2.21. The highest BCUT2D eigenvalue weighted by Crippen LogP contribution is 2.19. The lowest BCUT2D eigenvalue weighted by Crippen LogP contribution is -1.83. The Balaban J connectivity index is 2.65. The number of hydrogen-bond acceptors (Lipinski definition) is 0. The van der Waals surface area contributed by atoms with Gasteiger partial charge in [-0.1, -0.05) is 48.6 Å². The molecule has 1 rings (SSSR count). The highest BCUT2D eigenvalue weighted by Gasteiger charge is 1.97. The van der Waals surface area contributed by atoms with Crippen molar-refractivity contribution in [2.75, 3.05) is 0 Å². The van der Waals surface area contributed by atoms with E-state index in [4.69, 9.17) is 0 Å². The first-order chi connectivity index (χ1) is 6.88. The Morgan fingerprint density at radius 2 is 2.00 bits per heavy atom. The average Bonchev–Trinajstić information content (AvgIpc) is 2.26. The number of benzene rings is 1. The maximum absolute atomic E-state index is 3.86. The molecule has 0 aliphatic carbocycles. The molecule has 0 saturated carbocycles. The summed E-state index contributed by atoms with van der Waals surface area (Å²) in [5.74, 6) is 0. The smallest absolute Gasteiger partial charge is 0.0228 e. The molecule has 0 aliphatic rings. The Bertz CT molecular complexity index is 304. The Hall–Kier alpha value is -1.30. The summed E-state index contributed by atoms with van der Waals surface area (Å²) in [6, 6.07) is 10.4. The molecule has 14 heavy (non-hydrogen) atoms. The summed E-state index contributed by atoms with van der Waals surface area (Å²) in [4.78, 5) is 0. The number of allylic oxidation sites excluding steroid dienone is 4. The minimum atomic E-state index is 1.07. The van der Waals surface area contributed by atoms with E-state index in [0.717, 1.165) is 12.8 Å². The van der Waals surface area contributed by atoms with E-state index in [1.807, 2.05) is 12.1 Å². The summed E-state index contributed by atoms with van der Waals surface area (Å²) >= 11 is 0. The van der Waals surface area contributed by atoms with Gasteiger partial charge in [0, 0.05) is 0 Å². The van der Waals surface area contributed by atoms with Gasteiger partial charge in [0.05, 0.1) is 0 Å². The Kier molecular flexibility index (Phi) is 4.77. The van der Waals surface area contributed by atoms with Crippen LogP contribution in [0.3, 0.4) is 0 Å². The minimum Gasteiger partial charge on any atom is -0.0917 e. The zero-order valence-corrected chi connectivity index (χ0v) is 8.74. The van der Waals surface area contributed by atoms with Crippen LogP contribution in [0.1, 0.15) is 25.3 Å². The van der Waals surface area contributed by atoms with Crippen LogP contribution in [0, 0.1) is 6.92 Å². The first-order valence-corrected chi connectivity index (χ1v) is 5.03. The van der Waals surface area contributed by atoms with Gasteiger partial charge in [0.1, 0.15) is 0 Å². The van der Waals surface area contributed by atoms with Crippen LogP contribution < -0.4 is 0 Å². The van der Waals surface area contributed by atoms with Gasteiger partial charge in [-0.2, -0.15) is 0 Å². The van der Waals surface area contributed by atoms with E-state index in [2.05, 4.69) is 50.3 Å². The van der Waals surface area contributed by atoms with Crippen molar-refractivity contribution in [3.05, 3.63) is 61.0 Å². The van der Waals surface area contributed by atoms with Gasteiger partial charge < -0.3 is 0 Å². The molecule has 73 valence electrons. The maximum atomic E-state index is 3.86. The van der Waals surface area contributed by atoms with E-state index in [1.165, 1.54) is 11.1 Å². The van der Waals surface area contributed by atoms with Gasteiger partial charge in [-0.15, -0.1) is 0 Å². The van der Waals surface area contributed by atoms with Crippen LogP contribution in [0.15, 0.2) is 48.6 Å². The van der Waals surface area contributed by atoms with Crippen LogP contribution in [0.5, 0.6) is 0 Å². The largest absolute Gasteiger partial charge is 0.0917 e. The molecule has 0 amide bonds. The molecule has 0 saturated heterocycles. The average molecular weight is 185 g/mol. The molecule has 0 N–H and O–H groups in total.